The average molecular weight is 427 g/mol. The second kappa shape index (κ2) is 8.34. The molecule has 1 heterocycles. The van der Waals surface area contributed by atoms with E-state index in [1.54, 1.807) is 19.2 Å². The number of methoxy groups -OCH3 is 1. The lowest BCUT2D eigenvalue weighted by atomic mass is 9.82. The Hall–Kier alpha value is -3.28. The normalized spacial score (nSPS) is 18.5. The fraction of sp³-hybridized carbons (Fsp3) is 0.259. The van der Waals surface area contributed by atoms with Gasteiger partial charge in [0.05, 0.1) is 7.11 Å². The van der Waals surface area contributed by atoms with Crippen LogP contribution in [0.1, 0.15) is 31.8 Å². The number of ether oxygens (including phenoxy) is 1. The molecule has 5 rings (SSSR count). The van der Waals surface area contributed by atoms with E-state index >= 15 is 0 Å². The van der Waals surface area contributed by atoms with E-state index in [-0.39, 0.29) is 11.6 Å². The number of carbonyl (C=O) groups is 2. The number of piperazine rings is 1. The Balaban J connectivity index is 1.50. The summed E-state index contributed by atoms with van der Waals surface area (Å²) in [6.07, 6.45) is 0. The predicted octanol–water partition coefficient (Wildman–Crippen LogP) is 3.79. The SMILES string of the molecule is COc1cccc(C2(N3CCN(Cc4ccccc4)CC3)C(=O)c3ccccc3C2=O)c1. The van der Waals surface area contributed by atoms with Gasteiger partial charge in [-0.1, -0.05) is 66.7 Å². The Bertz CT molecular complexity index is 1120. The van der Waals surface area contributed by atoms with Gasteiger partial charge in [-0.05, 0) is 23.3 Å². The molecule has 0 amide bonds. The molecule has 162 valence electrons. The van der Waals surface area contributed by atoms with Crippen molar-refractivity contribution in [1.29, 1.82) is 0 Å². The molecular formula is C27H26N2O3. The Morgan fingerprint density at radius 3 is 2.03 bits per heavy atom. The number of hydrogen-bond acceptors (Lipinski definition) is 5. The summed E-state index contributed by atoms with van der Waals surface area (Å²) >= 11 is 0. The van der Waals surface area contributed by atoms with Crippen LogP contribution >= 0.6 is 0 Å². The molecule has 0 saturated carbocycles. The van der Waals surface area contributed by atoms with Crippen molar-refractivity contribution >= 4 is 11.6 Å². The molecule has 1 aliphatic heterocycles. The zero-order valence-electron chi connectivity index (χ0n) is 18.2. The van der Waals surface area contributed by atoms with E-state index in [4.69, 9.17) is 4.74 Å². The maximum absolute atomic E-state index is 13.9. The third kappa shape index (κ3) is 3.25. The first-order valence-corrected chi connectivity index (χ1v) is 11.0. The molecule has 32 heavy (non-hydrogen) atoms. The van der Waals surface area contributed by atoms with Gasteiger partial charge in [-0.25, -0.2) is 0 Å². The summed E-state index contributed by atoms with van der Waals surface area (Å²) < 4.78 is 5.43. The van der Waals surface area contributed by atoms with Gasteiger partial charge < -0.3 is 4.74 Å². The van der Waals surface area contributed by atoms with Crippen LogP contribution < -0.4 is 4.74 Å². The maximum atomic E-state index is 13.9. The van der Waals surface area contributed by atoms with Crippen LogP contribution in [0.2, 0.25) is 0 Å². The third-order valence-corrected chi connectivity index (χ3v) is 6.66. The highest BCUT2D eigenvalue weighted by Crippen LogP contribution is 2.43. The molecule has 0 radical (unpaired) electrons. The maximum Gasteiger partial charge on any atom is 0.196 e. The summed E-state index contributed by atoms with van der Waals surface area (Å²) in [4.78, 5) is 32.2. The van der Waals surface area contributed by atoms with Crippen molar-refractivity contribution in [2.75, 3.05) is 33.3 Å². The number of Topliss-reactive ketones (excluding diaryl/α,β-unsaturated/α-hetero) is 2. The summed E-state index contributed by atoms with van der Waals surface area (Å²) in [6.45, 7) is 3.71. The van der Waals surface area contributed by atoms with Crippen LogP contribution in [-0.4, -0.2) is 54.7 Å². The number of benzene rings is 3. The lowest BCUT2D eigenvalue weighted by molar-refractivity contribution is 0.0279. The van der Waals surface area contributed by atoms with Crippen molar-refractivity contribution in [3.05, 3.63) is 101 Å². The first kappa shape index (κ1) is 20.6. The number of nitrogens with zero attached hydrogens (tertiary/aromatic N) is 2. The van der Waals surface area contributed by atoms with Crippen LogP contribution in [0.4, 0.5) is 0 Å². The Kier molecular flexibility index (Phi) is 5.37. The van der Waals surface area contributed by atoms with Gasteiger partial charge in [-0.15, -0.1) is 0 Å². The summed E-state index contributed by atoms with van der Waals surface area (Å²) in [5.74, 6) is 0.367. The molecule has 0 N–H and O–H groups in total. The predicted molar refractivity (Wildman–Crippen MR) is 123 cm³/mol. The highest BCUT2D eigenvalue weighted by molar-refractivity contribution is 6.32. The van der Waals surface area contributed by atoms with E-state index in [0.717, 1.165) is 19.6 Å². The standard InChI is InChI=1S/C27H26N2O3/c1-32-22-11-7-10-21(18-22)27(25(30)23-12-5-6-13-24(23)26(27)31)29-16-14-28(15-17-29)19-20-8-3-2-4-9-20/h2-13,18H,14-17,19H2,1H3. The van der Waals surface area contributed by atoms with Gasteiger partial charge in [0.2, 0.25) is 0 Å². The summed E-state index contributed by atoms with van der Waals surface area (Å²) in [5, 5.41) is 0. The molecule has 0 aromatic heterocycles. The van der Waals surface area contributed by atoms with Gasteiger partial charge in [0, 0.05) is 43.9 Å². The largest absolute Gasteiger partial charge is 0.497 e. The van der Waals surface area contributed by atoms with Crippen molar-refractivity contribution < 1.29 is 14.3 Å². The number of fused-ring (bicyclic) bond motifs is 1. The minimum absolute atomic E-state index is 0.136. The van der Waals surface area contributed by atoms with E-state index in [0.29, 0.717) is 35.5 Å². The lowest BCUT2D eigenvalue weighted by Gasteiger charge is -2.44. The molecule has 1 saturated heterocycles. The number of ketones is 2. The Labute approximate surface area is 188 Å². The molecule has 3 aromatic rings. The molecule has 0 spiro atoms. The van der Waals surface area contributed by atoms with E-state index in [1.165, 1.54) is 5.56 Å². The topological polar surface area (TPSA) is 49.9 Å². The van der Waals surface area contributed by atoms with E-state index in [2.05, 4.69) is 34.1 Å². The smallest absolute Gasteiger partial charge is 0.196 e. The van der Waals surface area contributed by atoms with Gasteiger partial charge >= 0.3 is 0 Å². The fourth-order valence-corrected chi connectivity index (χ4v) is 5.04. The van der Waals surface area contributed by atoms with Crippen LogP contribution in [0.5, 0.6) is 5.75 Å². The molecule has 0 unspecified atom stereocenters. The van der Waals surface area contributed by atoms with Crippen molar-refractivity contribution in [2.24, 2.45) is 0 Å². The molecule has 1 aliphatic carbocycles. The molecule has 5 nitrogen and oxygen atoms in total. The zero-order valence-corrected chi connectivity index (χ0v) is 18.2. The summed E-state index contributed by atoms with van der Waals surface area (Å²) in [6, 6.07) is 25.0. The highest BCUT2D eigenvalue weighted by atomic mass is 16.5. The Morgan fingerprint density at radius 2 is 1.41 bits per heavy atom. The quantitative estimate of drug-likeness (QED) is 0.581. The molecular weight excluding hydrogens is 400 g/mol. The first-order chi connectivity index (χ1) is 15.6. The molecule has 2 aliphatic rings. The van der Waals surface area contributed by atoms with Crippen LogP contribution in [-0.2, 0) is 12.1 Å². The van der Waals surface area contributed by atoms with Crippen molar-refractivity contribution in [3.8, 4) is 5.75 Å². The van der Waals surface area contributed by atoms with Gasteiger partial charge in [-0.3, -0.25) is 19.4 Å². The molecule has 0 atom stereocenters. The van der Waals surface area contributed by atoms with Crippen LogP contribution in [0.3, 0.4) is 0 Å². The monoisotopic (exact) mass is 426 g/mol. The average Bonchev–Trinajstić information content (AvgIpc) is 3.08. The Morgan fingerprint density at radius 1 is 0.781 bits per heavy atom. The summed E-state index contributed by atoms with van der Waals surface area (Å²) in [7, 11) is 1.60. The van der Waals surface area contributed by atoms with E-state index in [9.17, 15) is 9.59 Å². The fourth-order valence-electron chi connectivity index (χ4n) is 5.04. The van der Waals surface area contributed by atoms with Crippen LogP contribution in [0.25, 0.3) is 0 Å². The minimum atomic E-state index is -1.34. The number of hydrogen-bond donors (Lipinski definition) is 0. The van der Waals surface area contributed by atoms with Crippen molar-refractivity contribution in [3.63, 3.8) is 0 Å². The van der Waals surface area contributed by atoms with Gasteiger partial charge in [0.1, 0.15) is 5.75 Å². The van der Waals surface area contributed by atoms with Gasteiger partial charge in [-0.2, -0.15) is 0 Å². The minimum Gasteiger partial charge on any atom is -0.497 e. The molecule has 3 aromatic carbocycles. The molecule has 5 heteroatoms. The molecule has 1 fully saturated rings. The number of carbonyl (C=O) groups excluding carboxylic acids is 2. The van der Waals surface area contributed by atoms with Crippen molar-refractivity contribution in [2.45, 2.75) is 12.1 Å². The van der Waals surface area contributed by atoms with Crippen LogP contribution in [0, 0.1) is 0 Å². The third-order valence-electron chi connectivity index (χ3n) is 6.66. The second-order valence-electron chi connectivity index (χ2n) is 8.39. The van der Waals surface area contributed by atoms with Crippen LogP contribution in [0.15, 0.2) is 78.9 Å². The summed E-state index contributed by atoms with van der Waals surface area (Å²) in [5.41, 5.74) is 1.62. The van der Waals surface area contributed by atoms with E-state index in [1.807, 2.05) is 42.5 Å². The highest BCUT2D eigenvalue weighted by Gasteiger charge is 2.58. The van der Waals surface area contributed by atoms with Gasteiger partial charge in [0.25, 0.3) is 0 Å². The number of rotatable bonds is 5. The zero-order chi connectivity index (χ0) is 22.1. The first-order valence-electron chi connectivity index (χ1n) is 11.0. The van der Waals surface area contributed by atoms with Crippen molar-refractivity contribution in [1.82, 2.24) is 9.80 Å². The molecule has 0 bridgehead atoms. The lowest BCUT2D eigenvalue weighted by Crippen LogP contribution is -2.60. The van der Waals surface area contributed by atoms with Gasteiger partial charge in [0.15, 0.2) is 17.1 Å². The second-order valence-corrected chi connectivity index (χ2v) is 8.39. The van der Waals surface area contributed by atoms with E-state index < -0.39 is 5.54 Å².